The van der Waals surface area contributed by atoms with Crippen LogP contribution in [0.1, 0.15) is 32.6 Å². The molecule has 0 aromatic rings. The summed E-state index contributed by atoms with van der Waals surface area (Å²) in [5.41, 5.74) is 0. The number of ether oxygens (including phenoxy) is 1. The van der Waals surface area contributed by atoms with Crippen molar-refractivity contribution in [1.82, 2.24) is 0 Å². The lowest BCUT2D eigenvalue weighted by atomic mass is 10.2. The van der Waals surface area contributed by atoms with E-state index < -0.39 is 12.1 Å². The van der Waals surface area contributed by atoms with Gasteiger partial charge in [-0.05, 0) is 6.42 Å². The molecule has 0 unspecified atom stereocenters. The molecule has 0 amide bonds. The number of aliphatic carboxylic acids is 1. The molecule has 78 valence electrons. The number of carboxylic acid groups (broad SMARTS) is 1. The second-order valence-corrected chi connectivity index (χ2v) is 2.96. The molecule has 13 heavy (non-hydrogen) atoms. The molecular formula is C9H18O4. The number of unbranched alkanes of at least 4 members (excludes halogenated alkanes) is 2. The zero-order chi connectivity index (χ0) is 10.1. The lowest BCUT2D eigenvalue weighted by molar-refractivity contribution is -0.147. The summed E-state index contributed by atoms with van der Waals surface area (Å²) in [6.07, 6.45) is 2.15. The van der Waals surface area contributed by atoms with Crippen molar-refractivity contribution in [2.24, 2.45) is 0 Å². The molecule has 4 heteroatoms. The number of aliphatic hydroxyl groups excluding tert-OH is 1. The summed E-state index contributed by atoms with van der Waals surface area (Å²) in [5.74, 6) is -1.18. The van der Waals surface area contributed by atoms with E-state index in [1.807, 2.05) is 0 Å². The predicted molar refractivity (Wildman–Crippen MR) is 48.6 cm³/mol. The fourth-order valence-corrected chi connectivity index (χ4v) is 0.875. The highest BCUT2D eigenvalue weighted by Crippen LogP contribution is 1.96. The van der Waals surface area contributed by atoms with Crippen LogP contribution in [-0.2, 0) is 9.53 Å². The smallest absolute Gasteiger partial charge is 0.332 e. The minimum absolute atomic E-state index is 0.168. The van der Waals surface area contributed by atoms with Gasteiger partial charge in [0.2, 0.25) is 0 Å². The predicted octanol–water partition coefficient (Wildman–Crippen LogP) is 1.03. The number of carboxylic acids is 1. The topological polar surface area (TPSA) is 66.8 Å². The summed E-state index contributed by atoms with van der Waals surface area (Å²) in [6, 6.07) is 0. The molecule has 0 saturated heterocycles. The van der Waals surface area contributed by atoms with Crippen molar-refractivity contribution >= 4 is 5.97 Å². The van der Waals surface area contributed by atoms with Gasteiger partial charge in [-0.25, -0.2) is 4.79 Å². The molecule has 0 aliphatic heterocycles. The molecule has 0 fully saturated rings. The average Bonchev–Trinajstić information content (AvgIpc) is 2.10. The van der Waals surface area contributed by atoms with Crippen LogP contribution >= 0.6 is 0 Å². The van der Waals surface area contributed by atoms with Gasteiger partial charge in [0.1, 0.15) is 0 Å². The fourth-order valence-electron chi connectivity index (χ4n) is 0.875. The van der Waals surface area contributed by atoms with Crippen LogP contribution in [0.4, 0.5) is 0 Å². The van der Waals surface area contributed by atoms with E-state index in [1.165, 1.54) is 0 Å². The van der Waals surface area contributed by atoms with Crippen molar-refractivity contribution in [1.29, 1.82) is 0 Å². The number of carbonyl (C=O) groups is 1. The molecule has 0 aliphatic rings. The maximum Gasteiger partial charge on any atom is 0.332 e. The molecule has 2 N–H and O–H groups in total. The minimum atomic E-state index is -1.29. The van der Waals surface area contributed by atoms with Crippen LogP contribution in [0.25, 0.3) is 0 Å². The van der Waals surface area contributed by atoms with Crippen molar-refractivity contribution in [2.45, 2.75) is 38.7 Å². The van der Waals surface area contributed by atoms with Crippen LogP contribution in [0.5, 0.6) is 0 Å². The molecule has 0 aromatic carbocycles. The SMILES string of the molecule is CCCCCOCC[C@H](O)C(=O)O. The standard InChI is InChI=1S/C9H18O4/c1-2-3-4-6-13-7-5-8(10)9(11)12/h8,10H,2-7H2,1H3,(H,11,12)/t8-/m0/s1. The van der Waals surface area contributed by atoms with Gasteiger partial charge in [-0.1, -0.05) is 19.8 Å². The first-order valence-corrected chi connectivity index (χ1v) is 4.67. The Hall–Kier alpha value is -0.610. The van der Waals surface area contributed by atoms with Crippen molar-refractivity contribution in [3.05, 3.63) is 0 Å². The van der Waals surface area contributed by atoms with Gasteiger partial charge < -0.3 is 14.9 Å². The lowest BCUT2D eigenvalue weighted by Crippen LogP contribution is -2.21. The monoisotopic (exact) mass is 190 g/mol. The molecule has 0 heterocycles. The van der Waals surface area contributed by atoms with E-state index in [0.29, 0.717) is 13.2 Å². The van der Waals surface area contributed by atoms with Gasteiger partial charge in [0, 0.05) is 19.6 Å². The molecule has 0 aliphatic carbocycles. The van der Waals surface area contributed by atoms with Gasteiger partial charge in [0.05, 0.1) is 0 Å². The molecule has 0 rings (SSSR count). The Bertz CT molecular complexity index is 136. The summed E-state index contributed by atoms with van der Waals surface area (Å²) in [4.78, 5) is 10.2. The zero-order valence-electron chi connectivity index (χ0n) is 8.03. The quantitative estimate of drug-likeness (QED) is 0.561. The lowest BCUT2D eigenvalue weighted by Gasteiger charge is -2.05. The molecule has 0 saturated carbocycles. The van der Waals surface area contributed by atoms with Gasteiger partial charge in [0.25, 0.3) is 0 Å². The number of rotatable bonds is 8. The van der Waals surface area contributed by atoms with Crippen LogP contribution in [0, 0.1) is 0 Å². The van der Waals surface area contributed by atoms with E-state index >= 15 is 0 Å². The molecule has 1 atom stereocenters. The van der Waals surface area contributed by atoms with E-state index in [9.17, 15) is 4.79 Å². The molecule has 0 aromatic heterocycles. The first-order chi connectivity index (χ1) is 6.18. The molecule has 0 spiro atoms. The third-order valence-electron chi connectivity index (χ3n) is 1.71. The second kappa shape index (κ2) is 8.01. The summed E-state index contributed by atoms with van der Waals surface area (Å²) in [7, 11) is 0. The third-order valence-corrected chi connectivity index (χ3v) is 1.71. The number of aliphatic hydroxyl groups is 1. The van der Waals surface area contributed by atoms with Crippen LogP contribution < -0.4 is 0 Å². The Morgan fingerprint density at radius 1 is 1.38 bits per heavy atom. The van der Waals surface area contributed by atoms with Gasteiger partial charge >= 0.3 is 5.97 Å². The van der Waals surface area contributed by atoms with Gasteiger partial charge in [0.15, 0.2) is 6.10 Å². The van der Waals surface area contributed by atoms with Crippen molar-refractivity contribution in [3.8, 4) is 0 Å². The first kappa shape index (κ1) is 12.4. The Balaban J connectivity index is 3.11. The third kappa shape index (κ3) is 7.74. The van der Waals surface area contributed by atoms with E-state index in [0.717, 1.165) is 19.3 Å². The maximum atomic E-state index is 10.2. The van der Waals surface area contributed by atoms with Crippen LogP contribution in [0.15, 0.2) is 0 Å². The number of hydrogen-bond donors (Lipinski definition) is 2. The minimum Gasteiger partial charge on any atom is -0.479 e. The van der Waals surface area contributed by atoms with Crippen molar-refractivity contribution < 1.29 is 19.7 Å². The first-order valence-electron chi connectivity index (χ1n) is 4.67. The zero-order valence-corrected chi connectivity index (χ0v) is 8.03. The molecular weight excluding hydrogens is 172 g/mol. The average molecular weight is 190 g/mol. The highest BCUT2D eigenvalue weighted by atomic mass is 16.5. The summed E-state index contributed by atoms with van der Waals surface area (Å²) in [5, 5.41) is 17.2. The summed E-state index contributed by atoms with van der Waals surface area (Å²) in [6.45, 7) is 3.07. The van der Waals surface area contributed by atoms with Crippen LogP contribution in [-0.4, -0.2) is 35.5 Å². The Morgan fingerprint density at radius 2 is 2.08 bits per heavy atom. The Labute approximate surface area is 78.5 Å². The Kier molecular flexibility index (Phi) is 7.63. The second-order valence-electron chi connectivity index (χ2n) is 2.96. The largest absolute Gasteiger partial charge is 0.479 e. The highest BCUT2D eigenvalue weighted by Gasteiger charge is 2.11. The van der Waals surface area contributed by atoms with Gasteiger partial charge in [-0.3, -0.25) is 0 Å². The normalized spacial score (nSPS) is 12.8. The molecule has 4 nitrogen and oxygen atoms in total. The fraction of sp³-hybridized carbons (Fsp3) is 0.889. The van der Waals surface area contributed by atoms with E-state index in [1.54, 1.807) is 0 Å². The van der Waals surface area contributed by atoms with E-state index in [4.69, 9.17) is 14.9 Å². The molecule has 0 bridgehead atoms. The maximum absolute atomic E-state index is 10.2. The van der Waals surface area contributed by atoms with E-state index in [-0.39, 0.29) is 6.42 Å². The van der Waals surface area contributed by atoms with E-state index in [2.05, 4.69) is 6.92 Å². The molecule has 0 radical (unpaired) electrons. The van der Waals surface area contributed by atoms with Crippen molar-refractivity contribution in [3.63, 3.8) is 0 Å². The number of hydrogen-bond acceptors (Lipinski definition) is 3. The van der Waals surface area contributed by atoms with Crippen LogP contribution in [0.3, 0.4) is 0 Å². The summed E-state index contributed by atoms with van der Waals surface area (Å²) >= 11 is 0. The Morgan fingerprint density at radius 3 is 2.62 bits per heavy atom. The van der Waals surface area contributed by atoms with Gasteiger partial charge in [-0.2, -0.15) is 0 Å². The summed E-state index contributed by atoms with van der Waals surface area (Å²) < 4.78 is 5.13. The van der Waals surface area contributed by atoms with Gasteiger partial charge in [-0.15, -0.1) is 0 Å². The van der Waals surface area contributed by atoms with Crippen LogP contribution in [0.2, 0.25) is 0 Å². The van der Waals surface area contributed by atoms with Crippen molar-refractivity contribution in [2.75, 3.05) is 13.2 Å². The highest BCUT2D eigenvalue weighted by molar-refractivity contribution is 5.71.